The van der Waals surface area contributed by atoms with E-state index >= 15 is 0 Å². The minimum atomic E-state index is 0.241. The lowest BCUT2D eigenvalue weighted by Crippen LogP contribution is -2.45. The smallest absolute Gasteiger partial charge is 0.0865 e. The molecule has 2 aliphatic rings. The molecule has 4 heteroatoms. The lowest BCUT2D eigenvalue weighted by molar-refractivity contribution is -0.0280. The quantitative estimate of drug-likeness (QED) is 0.776. The van der Waals surface area contributed by atoms with Crippen LogP contribution in [0.3, 0.4) is 0 Å². The van der Waals surface area contributed by atoms with Gasteiger partial charge in [0.2, 0.25) is 0 Å². The van der Waals surface area contributed by atoms with Crippen LogP contribution in [-0.4, -0.2) is 32.3 Å². The molecule has 2 heterocycles. The highest BCUT2D eigenvalue weighted by Crippen LogP contribution is 2.33. The van der Waals surface area contributed by atoms with Crippen molar-refractivity contribution in [1.29, 1.82) is 0 Å². The van der Waals surface area contributed by atoms with Crippen molar-refractivity contribution in [2.24, 2.45) is 17.3 Å². The van der Waals surface area contributed by atoms with E-state index in [2.05, 4.69) is 67.3 Å². The Morgan fingerprint density at radius 2 is 1.88 bits per heavy atom. The molecule has 4 atom stereocenters. The van der Waals surface area contributed by atoms with Crippen LogP contribution in [0.5, 0.6) is 0 Å². The van der Waals surface area contributed by atoms with Gasteiger partial charge in [-0.1, -0.05) is 51.1 Å². The van der Waals surface area contributed by atoms with E-state index in [1.54, 1.807) is 0 Å². The Morgan fingerprint density at radius 3 is 2.62 bits per heavy atom. The van der Waals surface area contributed by atoms with E-state index in [0.717, 1.165) is 26.2 Å². The Hall–Kier alpha value is -0.940. The van der Waals surface area contributed by atoms with Crippen molar-refractivity contribution in [1.82, 2.24) is 16.2 Å². The van der Waals surface area contributed by atoms with Gasteiger partial charge in [-0.2, -0.15) is 0 Å². The topological polar surface area (TPSA) is 45.3 Å². The molecule has 24 heavy (non-hydrogen) atoms. The monoisotopic (exact) mass is 331 g/mol. The number of ether oxygens (including phenoxy) is 1. The summed E-state index contributed by atoms with van der Waals surface area (Å²) in [5.74, 6) is 1.20. The first-order chi connectivity index (χ1) is 11.6. The molecule has 1 aromatic rings. The molecule has 3 N–H and O–H groups in total. The maximum absolute atomic E-state index is 6.11. The summed E-state index contributed by atoms with van der Waals surface area (Å²) in [7, 11) is 0. The largest absolute Gasteiger partial charge is 0.373 e. The lowest BCUT2D eigenvalue weighted by Gasteiger charge is -2.34. The normalized spacial score (nSPS) is 31.3. The van der Waals surface area contributed by atoms with E-state index in [1.807, 2.05) is 0 Å². The molecule has 1 aromatic carbocycles. The van der Waals surface area contributed by atoms with Gasteiger partial charge in [0.05, 0.1) is 6.10 Å². The molecule has 2 saturated heterocycles. The third-order valence-corrected chi connectivity index (χ3v) is 5.41. The maximum atomic E-state index is 6.11. The van der Waals surface area contributed by atoms with Crippen molar-refractivity contribution in [3.63, 3.8) is 0 Å². The third kappa shape index (κ3) is 4.37. The SMILES string of the molecule is CC(C)(C)C1NNCC1CNCC1CCCOC1c1ccccc1. The molecule has 3 rings (SSSR count). The summed E-state index contributed by atoms with van der Waals surface area (Å²) in [6.07, 6.45) is 2.66. The van der Waals surface area contributed by atoms with Crippen LogP contribution in [0.1, 0.15) is 45.3 Å². The summed E-state index contributed by atoms with van der Waals surface area (Å²) in [5.41, 5.74) is 8.39. The standard InChI is InChI=1S/C20H33N3O/c1-20(2,3)19-17(14-22-23-19)13-21-12-16-10-7-11-24-18(16)15-8-5-4-6-9-15/h4-6,8-9,16-19,21-23H,7,10-14H2,1-3H3. The van der Waals surface area contributed by atoms with Crippen LogP contribution in [-0.2, 0) is 4.74 Å². The van der Waals surface area contributed by atoms with Crippen molar-refractivity contribution < 1.29 is 4.74 Å². The number of hydrogen-bond donors (Lipinski definition) is 3. The molecular weight excluding hydrogens is 298 g/mol. The molecule has 0 aromatic heterocycles. The summed E-state index contributed by atoms with van der Waals surface area (Å²) in [4.78, 5) is 0. The summed E-state index contributed by atoms with van der Waals surface area (Å²) in [5, 5.41) is 3.74. The predicted molar refractivity (Wildman–Crippen MR) is 98.6 cm³/mol. The summed E-state index contributed by atoms with van der Waals surface area (Å²) in [6, 6.07) is 11.2. The van der Waals surface area contributed by atoms with Gasteiger partial charge in [0, 0.05) is 44.1 Å². The highest BCUT2D eigenvalue weighted by Gasteiger charge is 2.36. The zero-order chi connectivity index (χ0) is 17.0. The number of hydrogen-bond acceptors (Lipinski definition) is 4. The highest BCUT2D eigenvalue weighted by atomic mass is 16.5. The Kier molecular flexibility index (Phi) is 5.93. The van der Waals surface area contributed by atoms with Crippen LogP contribution < -0.4 is 16.2 Å². The van der Waals surface area contributed by atoms with Crippen LogP contribution >= 0.6 is 0 Å². The first kappa shape index (κ1) is 17.9. The Morgan fingerprint density at radius 1 is 1.12 bits per heavy atom. The molecule has 0 bridgehead atoms. The molecule has 134 valence electrons. The van der Waals surface area contributed by atoms with Crippen molar-refractivity contribution >= 4 is 0 Å². The minimum Gasteiger partial charge on any atom is -0.373 e. The average Bonchev–Trinajstić information content (AvgIpc) is 3.05. The minimum absolute atomic E-state index is 0.241. The predicted octanol–water partition coefficient (Wildman–Crippen LogP) is 2.88. The van der Waals surface area contributed by atoms with Crippen molar-refractivity contribution in [2.45, 2.75) is 45.8 Å². The van der Waals surface area contributed by atoms with Crippen LogP contribution in [0.15, 0.2) is 30.3 Å². The fourth-order valence-corrected chi connectivity index (χ4v) is 4.17. The molecule has 0 amide bonds. The Balaban J connectivity index is 1.53. The summed E-state index contributed by atoms with van der Waals surface area (Å²) >= 11 is 0. The van der Waals surface area contributed by atoms with Crippen molar-refractivity contribution in [2.75, 3.05) is 26.2 Å². The van der Waals surface area contributed by atoms with Crippen molar-refractivity contribution in [3.8, 4) is 0 Å². The van der Waals surface area contributed by atoms with Crippen LogP contribution in [0, 0.1) is 17.3 Å². The highest BCUT2D eigenvalue weighted by molar-refractivity contribution is 5.18. The lowest BCUT2D eigenvalue weighted by atomic mass is 9.80. The van der Waals surface area contributed by atoms with E-state index in [-0.39, 0.29) is 11.5 Å². The molecule has 4 nitrogen and oxygen atoms in total. The molecule has 0 spiro atoms. The number of nitrogens with one attached hydrogen (secondary N) is 3. The zero-order valence-electron chi connectivity index (χ0n) is 15.3. The van der Waals surface area contributed by atoms with Crippen LogP contribution in [0.2, 0.25) is 0 Å². The third-order valence-electron chi connectivity index (χ3n) is 5.41. The molecule has 0 radical (unpaired) electrons. The fraction of sp³-hybridized carbons (Fsp3) is 0.700. The van der Waals surface area contributed by atoms with Gasteiger partial charge in [-0.15, -0.1) is 0 Å². The van der Waals surface area contributed by atoms with Gasteiger partial charge in [0.25, 0.3) is 0 Å². The van der Waals surface area contributed by atoms with Gasteiger partial charge in [0.1, 0.15) is 0 Å². The molecule has 0 saturated carbocycles. The van der Waals surface area contributed by atoms with E-state index in [4.69, 9.17) is 4.74 Å². The second-order valence-electron chi connectivity index (χ2n) is 8.39. The first-order valence-corrected chi connectivity index (χ1v) is 9.41. The first-order valence-electron chi connectivity index (χ1n) is 9.41. The van der Waals surface area contributed by atoms with Crippen molar-refractivity contribution in [3.05, 3.63) is 35.9 Å². The molecular formula is C20H33N3O. The molecule has 2 fully saturated rings. The van der Waals surface area contributed by atoms with Gasteiger partial charge in [-0.05, 0) is 23.8 Å². The number of rotatable bonds is 5. The van der Waals surface area contributed by atoms with E-state index < -0.39 is 0 Å². The zero-order valence-corrected chi connectivity index (χ0v) is 15.3. The van der Waals surface area contributed by atoms with Gasteiger partial charge in [-0.25, -0.2) is 0 Å². The van der Waals surface area contributed by atoms with E-state index in [1.165, 1.54) is 18.4 Å². The van der Waals surface area contributed by atoms with Gasteiger partial charge < -0.3 is 10.1 Å². The summed E-state index contributed by atoms with van der Waals surface area (Å²) < 4.78 is 6.11. The van der Waals surface area contributed by atoms with Crippen LogP contribution in [0.25, 0.3) is 0 Å². The van der Waals surface area contributed by atoms with E-state index in [0.29, 0.717) is 17.9 Å². The number of hydrazine groups is 1. The average molecular weight is 332 g/mol. The molecule has 2 aliphatic heterocycles. The van der Waals surface area contributed by atoms with E-state index in [9.17, 15) is 0 Å². The summed E-state index contributed by atoms with van der Waals surface area (Å²) in [6.45, 7) is 10.9. The Labute approximate surface area is 146 Å². The van der Waals surface area contributed by atoms with Gasteiger partial charge in [-0.3, -0.25) is 10.9 Å². The number of benzene rings is 1. The second-order valence-corrected chi connectivity index (χ2v) is 8.39. The molecule has 0 aliphatic carbocycles. The maximum Gasteiger partial charge on any atom is 0.0865 e. The van der Waals surface area contributed by atoms with Gasteiger partial charge in [0.15, 0.2) is 0 Å². The van der Waals surface area contributed by atoms with Gasteiger partial charge >= 0.3 is 0 Å². The second kappa shape index (κ2) is 7.96. The fourth-order valence-electron chi connectivity index (χ4n) is 4.17. The Bertz CT molecular complexity index is 499. The molecule has 4 unspecified atom stereocenters. The van der Waals surface area contributed by atoms with Crippen LogP contribution in [0.4, 0.5) is 0 Å².